The maximum atomic E-state index is 13.4. The summed E-state index contributed by atoms with van der Waals surface area (Å²) in [5, 5.41) is 3.04. The normalized spacial score (nSPS) is 19.1. The topological polar surface area (TPSA) is 69.7 Å². The Morgan fingerprint density at radius 2 is 1.50 bits per heavy atom. The highest BCUT2D eigenvalue weighted by Gasteiger charge is 2.36. The molecule has 4 rings (SSSR count). The lowest BCUT2D eigenvalue weighted by molar-refractivity contribution is -0.127. The smallest absolute Gasteiger partial charge is 0.243 e. The van der Waals surface area contributed by atoms with E-state index >= 15 is 0 Å². The summed E-state index contributed by atoms with van der Waals surface area (Å²) in [6.45, 7) is 5.57. The average Bonchev–Trinajstić information content (AvgIpc) is 3.59. The summed E-state index contributed by atoms with van der Waals surface area (Å²) >= 11 is 0. The summed E-state index contributed by atoms with van der Waals surface area (Å²) in [6, 6.07) is 12.7. The molecule has 2 fully saturated rings. The zero-order valence-corrected chi connectivity index (χ0v) is 19.3. The van der Waals surface area contributed by atoms with Gasteiger partial charge in [0.1, 0.15) is 11.9 Å². The summed E-state index contributed by atoms with van der Waals surface area (Å²) in [5.74, 6) is -0.130. The Kier molecular flexibility index (Phi) is 6.65. The fourth-order valence-corrected chi connectivity index (χ4v) is 5.48. The predicted octanol–water partition coefficient (Wildman–Crippen LogP) is 3.28. The van der Waals surface area contributed by atoms with Gasteiger partial charge in [-0.3, -0.25) is 9.69 Å². The van der Waals surface area contributed by atoms with Crippen LogP contribution in [0.2, 0.25) is 0 Å². The summed E-state index contributed by atoms with van der Waals surface area (Å²) < 4.78 is 41.2. The summed E-state index contributed by atoms with van der Waals surface area (Å²) in [4.78, 5) is 15.3. The monoisotopic (exact) mass is 459 g/mol. The third kappa shape index (κ3) is 5.03. The molecule has 1 atom stereocenters. The standard InChI is InChI=1S/C24H30FN3O3S/c1-17(2)18-5-11-22(12-6-18)32(30,31)28-15-13-27(14-16-28)23(24(29)26-21-9-10-21)19-3-7-20(25)8-4-19/h3-8,11-12,17,21,23H,9-10,13-16H2,1-2H3,(H,26,29)/t23-/m1/s1. The van der Waals surface area contributed by atoms with Crippen molar-refractivity contribution in [2.75, 3.05) is 26.2 Å². The highest BCUT2D eigenvalue weighted by atomic mass is 32.2. The molecule has 0 unspecified atom stereocenters. The quantitative estimate of drug-likeness (QED) is 0.690. The number of amides is 1. The fraction of sp³-hybridized carbons (Fsp3) is 0.458. The number of benzene rings is 2. The molecular formula is C24H30FN3O3S. The Hall–Kier alpha value is -2.29. The molecule has 172 valence electrons. The zero-order chi connectivity index (χ0) is 22.9. The van der Waals surface area contributed by atoms with Crippen molar-refractivity contribution in [3.63, 3.8) is 0 Å². The van der Waals surface area contributed by atoms with Crippen LogP contribution >= 0.6 is 0 Å². The number of halogens is 1. The van der Waals surface area contributed by atoms with Crippen LogP contribution in [0.15, 0.2) is 53.4 Å². The van der Waals surface area contributed by atoms with E-state index in [9.17, 15) is 17.6 Å². The molecule has 6 nitrogen and oxygen atoms in total. The number of rotatable bonds is 7. The SMILES string of the molecule is CC(C)c1ccc(S(=O)(=O)N2CCN([C@@H](C(=O)NC3CC3)c3ccc(F)cc3)CC2)cc1. The Morgan fingerprint density at radius 1 is 0.938 bits per heavy atom. The van der Waals surface area contributed by atoms with E-state index in [1.807, 2.05) is 17.0 Å². The lowest BCUT2D eigenvalue weighted by Crippen LogP contribution is -2.52. The van der Waals surface area contributed by atoms with Crippen LogP contribution < -0.4 is 5.32 Å². The first-order valence-corrected chi connectivity index (χ1v) is 12.6. The molecule has 1 saturated heterocycles. The molecule has 2 aromatic carbocycles. The molecule has 0 spiro atoms. The predicted molar refractivity (Wildman–Crippen MR) is 121 cm³/mol. The van der Waals surface area contributed by atoms with Crippen LogP contribution in [0.1, 0.15) is 49.8 Å². The zero-order valence-electron chi connectivity index (χ0n) is 18.5. The van der Waals surface area contributed by atoms with Gasteiger partial charge in [0.15, 0.2) is 0 Å². The van der Waals surface area contributed by atoms with E-state index in [2.05, 4.69) is 19.2 Å². The first-order valence-electron chi connectivity index (χ1n) is 11.2. The summed E-state index contributed by atoms with van der Waals surface area (Å²) in [6.07, 6.45) is 1.95. The van der Waals surface area contributed by atoms with Gasteiger partial charge < -0.3 is 5.32 Å². The van der Waals surface area contributed by atoms with E-state index in [-0.39, 0.29) is 22.7 Å². The summed E-state index contributed by atoms with van der Waals surface area (Å²) in [7, 11) is -3.60. The number of piperazine rings is 1. The molecule has 1 amide bonds. The maximum Gasteiger partial charge on any atom is 0.243 e. The van der Waals surface area contributed by atoms with Gasteiger partial charge in [-0.25, -0.2) is 12.8 Å². The van der Waals surface area contributed by atoms with Crippen LogP contribution in [0.25, 0.3) is 0 Å². The van der Waals surface area contributed by atoms with Crippen molar-refractivity contribution in [1.29, 1.82) is 0 Å². The van der Waals surface area contributed by atoms with Crippen molar-refractivity contribution < 1.29 is 17.6 Å². The second-order valence-corrected chi connectivity index (χ2v) is 10.8. The van der Waals surface area contributed by atoms with Gasteiger partial charge >= 0.3 is 0 Å². The van der Waals surface area contributed by atoms with Gasteiger partial charge in [0, 0.05) is 32.2 Å². The van der Waals surface area contributed by atoms with Crippen molar-refractivity contribution >= 4 is 15.9 Å². The van der Waals surface area contributed by atoms with E-state index in [0.29, 0.717) is 37.7 Å². The van der Waals surface area contributed by atoms with Crippen LogP contribution in [-0.4, -0.2) is 55.8 Å². The van der Waals surface area contributed by atoms with Crippen molar-refractivity contribution in [3.8, 4) is 0 Å². The molecule has 2 aromatic rings. The van der Waals surface area contributed by atoms with Crippen LogP contribution in [0.4, 0.5) is 4.39 Å². The van der Waals surface area contributed by atoms with Gasteiger partial charge in [-0.05, 0) is 54.2 Å². The molecule has 2 aliphatic rings. The maximum absolute atomic E-state index is 13.4. The molecule has 0 radical (unpaired) electrons. The van der Waals surface area contributed by atoms with Crippen LogP contribution in [0.3, 0.4) is 0 Å². The van der Waals surface area contributed by atoms with Crippen molar-refractivity contribution in [3.05, 3.63) is 65.5 Å². The molecule has 1 saturated carbocycles. The van der Waals surface area contributed by atoms with E-state index in [0.717, 1.165) is 18.4 Å². The fourth-order valence-electron chi connectivity index (χ4n) is 4.06. The number of nitrogens with zero attached hydrogens (tertiary/aromatic N) is 2. The number of hydrogen-bond donors (Lipinski definition) is 1. The number of carbonyl (C=O) groups excluding carboxylic acids is 1. The molecule has 1 N–H and O–H groups in total. The van der Waals surface area contributed by atoms with E-state index < -0.39 is 16.1 Å². The Balaban J connectivity index is 1.48. The highest BCUT2D eigenvalue weighted by molar-refractivity contribution is 7.89. The van der Waals surface area contributed by atoms with E-state index in [1.165, 1.54) is 16.4 Å². The number of hydrogen-bond acceptors (Lipinski definition) is 4. The average molecular weight is 460 g/mol. The first-order chi connectivity index (χ1) is 15.3. The van der Waals surface area contributed by atoms with E-state index in [1.54, 1.807) is 24.3 Å². The van der Waals surface area contributed by atoms with Crippen molar-refractivity contribution in [1.82, 2.24) is 14.5 Å². The van der Waals surface area contributed by atoms with Gasteiger partial charge in [-0.2, -0.15) is 4.31 Å². The Morgan fingerprint density at radius 3 is 2.03 bits per heavy atom. The van der Waals surface area contributed by atoms with Gasteiger partial charge in [-0.15, -0.1) is 0 Å². The molecule has 0 bridgehead atoms. The molecule has 32 heavy (non-hydrogen) atoms. The lowest BCUT2D eigenvalue weighted by Gasteiger charge is -2.38. The Bertz CT molecular complexity index is 1040. The first kappa shape index (κ1) is 22.9. The van der Waals surface area contributed by atoms with Gasteiger partial charge in [-0.1, -0.05) is 38.1 Å². The minimum Gasteiger partial charge on any atom is -0.352 e. The number of carbonyl (C=O) groups is 1. The second-order valence-electron chi connectivity index (χ2n) is 8.90. The molecule has 1 aliphatic carbocycles. The summed E-state index contributed by atoms with van der Waals surface area (Å²) in [5.41, 5.74) is 1.81. The van der Waals surface area contributed by atoms with Crippen molar-refractivity contribution in [2.24, 2.45) is 0 Å². The van der Waals surface area contributed by atoms with Crippen molar-refractivity contribution in [2.45, 2.75) is 49.6 Å². The van der Waals surface area contributed by atoms with Gasteiger partial charge in [0.05, 0.1) is 4.90 Å². The van der Waals surface area contributed by atoms with Crippen LogP contribution in [-0.2, 0) is 14.8 Å². The third-order valence-corrected chi connectivity index (χ3v) is 8.09. The molecular weight excluding hydrogens is 429 g/mol. The minimum atomic E-state index is -3.60. The lowest BCUT2D eigenvalue weighted by atomic mass is 10.0. The molecule has 0 aromatic heterocycles. The second kappa shape index (κ2) is 9.29. The van der Waals surface area contributed by atoms with E-state index in [4.69, 9.17) is 0 Å². The Labute approximate surface area is 189 Å². The van der Waals surface area contributed by atoms with Crippen LogP contribution in [0, 0.1) is 5.82 Å². The number of sulfonamides is 1. The third-order valence-electron chi connectivity index (χ3n) is 6.18. The number of nitrogens with one attached hydrogen (secondary N) is 1. The molecule has 1 heterocycles. The molecule has 1 aliphatic heterocycles. The largest absolute Gasteiger partial charge is 0.352 e. The minimum absolute atomic E-state index is 0.111. The van der Waals surface area contributed by atoms with Crippen LogP contribution in [0.5, 0.6) is 0 Å². The van der Waals surface area contributed by atoms with Gasteiger partial charge in [0.25, 0.3) is 0 Å². The van der Waals surface area contributed by atoms with Gasteiger partial charge in [0.2, 0.25) is 15.9 Å². The molecule has 8 heteroatoms. The highest BCUT2D eigenvalue weighted by Crippen LogP contribution is 2.28.